The molecule has 0 bridgehead atoms. The summed E-state index contributed by atoms with van der Waals surface area (Å²) in [5, 5.41) is 19.4. The highest BCUT2D eigenvalue weighted by Crippen LogP contribution is 2.27. The van der Waals surface area contributed by atoms with Gasteiger partial charge in [0, 0.05) is 24.4 Å². The monoisotopic (exact) mass is 409 g/mol. The molecule has 2 heterocycles. The third-order valence-corrected chi connectivity index (χ3v) is 4.44. The number of aromatic nitrogens is 4. The molecule has 0 spiro atoms. The smallest absolute Gasteiger partial charge is 0.252 e. The summed E-state index contributed by atoms with van der Waals surface area (Å²) in [6.45, 7) is 1.97. The second-order valence-electron chi connectivity index (χ2n) is 6.44. The van der Waals surface area contributed by atoms with Gasteiger partial charge in [0.05, 0.1) is 34.9 Å². The maximum Gasteiger partial charge on any atom is 0.252 e. The van der Waals surface area contributed by atoms with Crippen LogP contribution in [0.3, 0.4) is 0 Å². The van der Waals surface area contributed by atoms with Crippen molar-refractivity contribution in [1.29, 1.82) is 5.26 Å². The standard InChI is InChI=1S/C20H20ClN7O/c1-3-4-15(9-22)25-19(29)14-7-5-13(6-8-14)18-17(21)11-23-20(27-18)26-16-10-24-28(2)12-16/h5-8,10-12,15H,3-4H2,1-2H3,(H,25,29)(H,23,26,27)/t15-/m0/s1. The van der Waals surface area contributed by atoms with Crippen molar-refractivity contribution in [2.75, 3.05) is 5.32 Å². The van der Waals surface area contributed by atoms with Gasteiger partial charge in [-0.05, 0) is 18.6 Å². The molecule has 0 saturated heterocycles. The average molecular weight is 410 g/mol. The van der Waals surface area contributed by atoms with Crippen molar-refractivity contribution < 1.29 is 4.79 Å². The van der Waals surface area contributed by atoms with Gasteiger partial charge in [-0.3, -0.25) is 9.48 Å². The molecule has 29 heavy (non-hydrogen) atoms. The van der Waals surface area contributed by atoms with Crippen LogP contribution in [0, 0.1) is 11.3 Å². The summed E-state index contributed by atoms with van der Waals surface area (Å²) in [7, 11) is 1.82. The number of hydrogen-bond donors (Lipinski definition) is 2. The van der Waals surface area contributed by atoms with Crippen LogP contribution >= 0.6 is 11.6 Å². The number of rotatable bonds is 7. The first kappa shape index (κ1) is 20.3. The van der Waals surface area contributed by atoms with E-state index >= 15 is 0 Å². The maximum absolute atomic E-state index is 12.3. The van der Waals surface area contributed by atoms with Crippen molar-refractivity contribution in [1.82, 2.24) is 25.1 Å². The third-order valence-electron chi connectivity index (χ3n) is 4.16. The summed E-state index contributed by atoms with van der Waals surface area (Å²) < 4.78 is 1.67. The molecule has 2 N–H and O–H groups in total. The van der Waals surface area contributed by atoms with Crippen LogP contribution in [0.25, 0.3) is 11.3 Å². The van der Waals surface area contributed by atoms with E-state index in [1.54, 1.807) is 41.3 Å². The Labute approximate surface area is 173 Å². The fraction of sp³-hybridized carbons (Fsp3) is 0.250. The van der Waals surface area contributed by atoms with Crippen LogP contribution in [0.2, 0.25) is 5.02 Å². The van der Waals surface area contributed by atoms with E-state index in [1.165, 1.54) is 6.20 Å². The van der Waals surface area contributed by atoms with Crippen LogP contribution in [0.15, 0.2) is 42.9 Å². The van der Waals surface area contributed by atoms with Crippen molar-refractivity contribution >= 4 is 29.1 Å². The van der Waals surface area contributed by atoms with Gasteiger partial charge in [-0.1, -0.05) is 37.1 Å². The third kappa shape index (κ3) is 5.09. The molecule has 8 nitrogen and oxygen atoms in total. The van der Waals surface area contributed by atoms with Crippen LogP contribution in [-0.4, -0.2) is 31.7 Å². The quantitative estimate of drug-likeness (QED) is 0.615. The van der Waals surface area contributed by atoms with Crippen LogP contribution in [0.1, 0.15) is 30.1 Å². The van der Waals surface area contributed by atoms with Gasteiger partial charge >= 0.3 is 0 Å². The Morgan fingerprint density at radius 2 is 2.07 bits per heavy atom. The van der Waals surface area contributed by atoms with Crippen LogP contribution in [0.4, 0.5) is 11.6 Å². The highest BCUT2D eigenvalue weighted by atomic mass is 35.5. The fourth-order valence-corrected chi connectivity index (χ4v) is 2.92. The van der Waals surface area contributed by atoms with Gasteiger partial charge in [0.2, 0.25) is 5.95 Å². The Balaban J connectivity index is 1.77. The number of carbonyl (C=O) groups excluding carboxylic acids is 1. The predicted molar refractivity (Wildman–Crippen MR) is 111 cm³/mol. The second kappa shape index (κ2) is 9.17. The van der Waals surface area contributed by atoms with Gasteiger partial charge in [0.25, 0.3) is 5.91 Å². The molecule has 0 aliphatic rings. The van der Waals surface area contributed by atoms with Crippen LogP contribution < -0.4 is 10.6 Å². The normalized spacial score (nSPS) is 11.5. The Morgan fingerprint density at radius 1 is 1.31 bits per heavy atom. The molecule has 1 atom stereocenters. The lowest BCUT2D eigenvalue weighted by Crippen LogP contribution is -2.33. The van der Waals surface area contributed by atoms with E-state index in [0.717, 1.165) is 17.7 Å². The lowest BCUT2D eigenvalue weighted by atomic mass is 10.1. The number of anilines is 2. The Bertz CT molecular complexity index is 1040. The number of amides is 1. The largest absolute Gasteiger partial charge is 0.336 e. The predicted octanol–water partition coefficient (Wildman–Crippen LogP) is 3.70. The minimum Gasteiger partial charge on any atom is -0.336 e. The van der Waals surface area contributed by atoms with E-state index in [4.69, 9.17) is 16.9 Å². The maximum atomic E-state index is 12.3. The van der Waals surface area contributed by atoms with E-state index in [1.807, 2.05) is 14.0 Å². The molecule has 0 unspecified atom stereocenters. The lowest BCUT2D eigenvalue weighted by molar-refractivity contribution is 0.0944. The molecular weight excluding hydrogens is 390 g/mol. The molecule has 1 aromatic carbocycles. The van der Waals surface area contributed by atoms with E-state index in [0.29, 0.717) is 28.6 Å². The molecule has 2 aromatic heterocycles. The first-order valence-corrected chi connectivity index (χ1v) is 9.47. The molecule has 0 aliphatic heterocycles. The summed E-state index contributed by atoms with van der Waals surface area (Å²) in [5.41, 5.74) is 2.50. The second-order valence-corrected chi connectivity index (χ2v) is 6.85. The summed E-state index contributed by atoms with van der Waals surface area (Å²) >= 11 is 6.28. The topological polar surface area (TPSA) is 109 Å². The Morgan fingerprint density at radius 3 is 2.69 bits per heavy atom. The first-order valence-electron chi connectivity index (χ1n) is 9.09. The highest BCUT2D eigenvalue weighted by Gasteiger charge is 2.14. The van der Waals surface area contributed by atoms with Crippen molar-refractivity contribution in [2.24, 2.45) is 7.05 Å². The summed E-state index contributed by atoms with van der Waals surface area (Å²) in [6, 6.07) is 8.48. The van der Waals surface area contributed by atoms with Crippen LogP contribution in [-0.2, 0) is 7.05 Å². The zero-order valence-corrected chi connectivity index (χ0v) is 16.8. The SMILES string of the molecule is CCC[C@@H](C#N)NC(=O)c1ccc(-c2nc(Nc3cnn(C)c3)ncc2Cl)cc1. The number of hydrogen-bond acceptors (Lipinski definition) is 6. The number of nitriles is 1. The van der Waals surface area contributed by atoms with E-state index in [9.17, 15) is 4.79 Å². The lowest BCUT2D eigenvalue weighted by Gasteiger charge is -2.11. The van der Waals surface area contributed by atoms with Crippen LogP contribution in [0.5, 0.6) is 0 Å². The number of nitrogens with one attached hydrogen (secondary N) is 2. The van der Waals surface area contributed by atoms with E-state index in [-0.39, 0.29) is 5.91 Å². The Hall–Kier alpha value is -3.44. The zero-order chi connectivity index (χ0) is 20.8. The van der Waals surface area contributed by atoms with Crippen molar-refractivity contribution in [3.05, 3.63) is 53.4 Å². The number of carbonyl (C=O) groups is 1. The average Bonchev–Trinajstić information content (AvgIpc) is 3.13. The molecule has 0 saturated carbocycles. The number of benzene rings is 1. The van der Waals surface area contributed by atoms with Gasteiger partial charge in [0.1, 0.15) is 6.04 Å². The molecule has 0 aliphatic carbocycles. The minimum absolute atomic E-state index is 0.288. The van der Waals surface area contributed by atoms with Gasteiger partial charge in [-0.2, -0.15) is 10.4 Å². The van der Waals surface area contributed by atoms with Gasteiger partial charge < -0.3 is 10.6 Å². The molecule has 3 aromatic rings. The minimum atomic E-state index is -0.496. The zero-order valence-electron chi connectivity index (χ0n) is 16.1. The molecule has 148 valence electrons. The molecule has 0 radical (unpaired) electrons. The summed E-state index contributed by atoms with van der Waals surface area (Å²) in [6.07, 6.45) is 6.42. The first-order chi connectivity index (χ1) is 14.0. The molecule has 0 fully saturated rings. The molecular formula is C20H20ClN7O. The number of nitrogens with zero attached hydrogens (tertiary/aromatic N) is 5. The van der Waals surface area contributed by atoms with E-state index < -0.39 is 6.04 Å². The Kier molecular flexibility index (Phi) is 6.42. The van der Waals surface area contributed by atoms with Crippen molar-refractivity contribution in [3.63, 3.8) is 0 Å². The van der Waals surface area contributed by atoms with E-state index in [2.05, 4.69) is 31.8 Å². The molecule has 9 heteroatoms. The van der Waals surface area contributed by atoms with Gasteiger partial charge in [0.15, 0.2) is 0 Å². The number of aryl methyl sites for hydroxylation is 1. The summed E-state index contributed by atoms with van der Waals surface area (Å²) in [5.74, 6) is 0.0971. The van der Waals surface area contributed by atoms with Gasteiger partial charge in [-0.15, -0.1) is 0 Å². The highest BCUT2D eigenvalue weighted by molar-refractivity contribution is 6.32. The summed E-state index contributed by atoms with van der Waals surface area (Å²) in [4.78, 5) is 21.0. The fourth-order valence-electron chi connectivity index (χ4n) is 2.72. The number of halogens is 1. The van der Waals surface area contributed by atoms with Gasteiger partial charge in [-0.25, -0.2) is 9.97 Å². The van der Waals surface area contributed by atoms with Crippen molar-refractivity contribution in [2.45, 2.75) is 25.8 Å². The molecule has 1 amide bonds. The van der Waals surface area contributed by atoms with Crippen molar-refractivity contribution in [3.8, 4) is 17.3 Å². The molecule has 3 rings (SSSR count).